The number of piperidine rings is 1. The monoisotopic (exact) mass is 389 g/mol. The van der Waals surface area contributed by atoms with E-state index < -0.39 is 0 Å². The van der Waals surface area contributed by atoms with Crippen molar-refractivity contribution < 1.29 is 9.53 Å². The summed E-state index contributed by atoms with van der Waals surface area (Å²) in [5.41, 5.74) is 1.97. The molecule has 2 aromatic heterocycles. The topological polar surface area (TPSA) is 63.5 Å². The van der Waals surface area contributed by atoms with Gasteiger partial charge in [0.25, 0.3) is 0 Å². The molecule has 0 aliphatic carbocycles. The van der Waals surface area contributed by atoms with Crippen molar-refractivity contribution in [3.8, 4) is 0 Å². The SMILES string of the molecule is Cc1nc(CN2C(=O)COC3(CCN(Cc4cnn(C)c4)CC3)C2C)cs1. The minimum absolute atomic E-state index is 0.0568. The number of carbonyl (C=O) groups excluding carboxylic acids is 1. The van der Waals surface area contributed by atoms with Gasteiger partial charge in [0.15, 0.2) is 0 Å². The van der Waals surface area contributed by atoms with Crippen molar-refractivity contribution in [3.05, 3.63) is 34.0 Å². The summed E-state index contributed by atoms with van der Waals surface area (Å²) in [6, 6.07) is 0.0568. The van der Waals surface area contributed by atoms with E-state index >= 15 is 0 Å². The van der Waals surface area contributed by atoms with Crippen LogP contribution in [0.5, 0.6) is 0 Å². The number of thiazole rings is 1. The maximum absolute atomic E-state index is 12.5. The molecule has 7 nitrogen and oxygen atoms in total. The molecule has 8 heteroatoms. The van der Waals surface area contributed by atoms with Crippen LogP contribution in [0.25, 0.3) is 0 Å². The Morgan fingerprint density at radius 1 is 1.33 bits per heavy atom. The van der Waals surface area contributed by atoms with Gasteiger partial charge in [-0.05, 0) is 26.7 Å². The van der Waals surface area contributed by atoms with Crippen molar-refractivity contribution in [2.45, 2.75) is 51.4 Å². The Morgan fingerprint density at radius 2 is 2.11 bits per heavy atom. The lowest BCUT2D eigenvalue weighted by Crippen LogP contribution is -2.63. The Hall–Kier alpha value is -1.77. The van der Waals surface area contributed by atoms with Crippen LogP contribution in [0.2, 0.25) is 0 Å². The first-order valence-electron chi connectivity index (χ1n) is 9.49. The van der Waals surface area contributed by atoms with Crippen LogP contribution >= 0.6 is 11.3 Å². The summed E-state index contributed by atoms with van der Waals surface area (Å²) >= 11 is 1.63. The Balaban J connectivity index is 1.41. The van der Waals surface area contributed by atoms with Gasteiger partial charge >= 0.3 is 0 Å². The number of likely N-dealkylation sites (tertiary alicyclic amines) is 1. The van der Waals surface area contributed by atoms with E-state index in [1.54, 1.807) is 11.3 Å². The van der Waals surface area contributed by atoms with E-state index in [0.29, 0.717) is 6.54 Å². The fourth-order valence-electron chi connectivity index (χ4n) is 4.25. The molecule has 0 N–H and O–H groups in total. The number of rotatable bonds is 4. The normalized spacial score (nSPS) is 23.3. The van der Waals surface area contributed by atoms with Gasteiger partial charge in [-0.1, -0.05) is 0 Å². The van der Waals surface area contributed by atoms with Crippen molar-refractivity contribution in [1.82, 2.24) is 24.6 Å². The lowest BCUT2D eigenvalue weighted by molar-refractivity contribution is -0.188. The number of aromatic nitrogens is 3. The highest BCUT2D eigenvalue weighted by molar-refractivity contribution is 7.09. The highest BCUT2D eigenvalue weighted by Gasteiger charge is 2.47. The smallest absolute Gasteiger partial charge is 0.249 e. The molecule has 1 amide bonds. The van der Waals surface area contributed by atoms with Gasteiger partial charge in [0.2, 0.25) is 5.91 Å². The third-order valence-corrected chi connectivity index (χ3v) is 6.72. The molecule has 0 bridgehead atoms. The lowest BCUT2D eigenvalue weighted by atomic mass is 9.82. The van der Waals surface area contributed by atoms with Crippen LogP contribution < -0.4 is 0 Å². The Morgan fingerprint density at radius 3 is 2.74 bits per heavy atom. The van der Waals surface area contributed by atoms with Gasteiger partial charge in [0, 0.05) is 43.8 Å². The van der Waals surface area contributed by atoms with Gasteiger partial charge in [-0.25, -0.2) is 4.98 Å². The molecular formula is C19H27N5O2S. The zero-order valence-corrected chi connectivity index (χ0v) is 17.0. The highest BCUT2D eigenvalue weighted by atomic mass is 32.1. The summed E-state index contributed by atoms with van der Waals surface area (Å²) in [4.78, 5) is 21.5. The number of aryl methyl sites for hydroxylation is 2. The van der Waals surface area contributed by atoms with Crippen LogP contribution in [0, 0.1) is 6.92 Å². The summed E-state index contributed by atoms with van der Waals surface area (Å²) in [6.07, 6.45) is 5.88. The number of carbonyl (C=O) groups is 1. The van der Waals surface area contributed by atoms with Gasteiger partial charge in [-0.15, -0.1) is 11.3 Å². The summed E-state index contributed by atoms with van der Waals surface area (Å²) in [5.74, 6) is 0.0663. The van der Waals surface area contributed by atoms with E-state index in [0.717, 1.165) is 43.2 Å². The fraction of sp³-hybridized carbons (Fsp3) is 0.632. The summed E-state index contributed by atoms with van der Waals surface area (Å²) in [5, 5.41) is 7.34. The second-order valence-electron chi connectivity index (χ2n) is 7.71. The summed E-state index contributed by atoms with van der Waals surface area (Å²) in [7, 11) is 1.95. The predicted molar refractivity (Wildman–Crippen MR) is 103 cm³/mol. The van der Waals surface area contributed by atoms with Gasteiger partial charge in [-0.2, -0.15) is 5.10 Å². The molecule has 1 spiro atoms. The Kier molecular flexibility index (Phi) is 5.05. The first kappa shape index (κ1) is 18.6. The van der Waals surface area contributed by atoms with E-state index in [1.165, 1.54) is 5.56 Å². The maximum Gasteiger partial charge on any atom is 0.249 e. The van der Waals surface area contributed by atoms with Crippen LogP contribution in [0.4, 0.5) is 0 Å². The second kappa shape index (κ2) is 7.33. The van der Waals surface area contributed by atoms with E-state index in [2.05, 4.69) is 28.1 Å². The zero-order chi connectivity index (χ0) is 19.0. The van der Waals surface area contributed by atoms with Crippen LogP contribution in [-0.2, 0) is 29.7 Å². The third-order valence-electron chi connectivity index (χ3n) is 5.90. The largest absolute Gasteiger partial charge is 0.363 e. The molecule has 2 saturated heterocycles. The van der Waals surface area contributed by atoms with E-state index in [4.69, 9.17) is 4.74 Å². The Labute approximate surface area is 163 Å². The van der Waals surface area contributed by atoms with Crippen molar-refractivity contribution in [3.63, 3.8) is 0 Å². The number of amides is 1. The average Bonchev–Trinajstić information content (AvgIpc) is 3.25. The summed E-state index contributed by atoms with van der Waals surface area (Å²) in [6.45, 7) is 7.74. The standard InChI is InChI=1S/C19H27N5O2S/c1-14-19(4-6-23(7-5-19)10-16-8-20-22(3)9-16)26-12-18(25)24(14)11-17-13-27-15(2)21-17/h8-9,13-14H,4-7,10-12H2,1-3H3. The van der Waals surface area contributed by atoms with E-state index in [9.17, 15) is 4.79 Å². The van der Waals surface area contributed by atoms with Crippen molar-refractivity contribution in [2.24, 2.45) is 7.05 Å². The van der Waals surface area contributed by atoms with E-state index in [-0.39, 0.29) is 24.2 Å². The number of ether oxygens (including phenoxy) is 1. The molecule has 0 saturated carbocycles. The minimum atomic E-state index is -0.246. The van der Waals surface area contributed by atoms with Crippen molar-refractivity contribution >= 4 is 17.2 Å². The molecule has 4 rings (SSSR count). The number of morpholine rings is 1. The summed E-state index contributed by atoms with van der Waals surface area (Å²) < 4.78 is 8.00. The van der Waals surface area contributed by atoms with Gasteiger partial charge < -0.3 is 9.64 Å². The van der Waals surface area contributed by atoms with Gasteiger partial charge in [-0.3, -0.25) is 14.4 Å². The quantitative estimate of drug-likeness (QED) is 0.800. The van der Waals surface area contributed by atoms with E-state index in [1.807, 2.05) is 35.1 Å². The fourth-order valence-corrected chi connectivity index (χ4v) is 4.86. The molecule has 2 aromatic rings. The average molecular weight is 390 g/mol. The first-order chi connectivity index (χ1) is 12.9. The van der Waals surface area contributed by atoms with Crippen LogP contribution in [0.3, 0.4) is 0 Å². The number of nitrogens with zero attached hydrogens (tertiary/aromatic N) is 5. The van der Waals surface area contributed by atoms with Crippen LogP contribution in [0.1, 0.15) is 36.0 Å². The molecule has 2 fully saturated rings. The first-order valence-corrected chi connectivity index (χ1v) is 10.4. The Bertz CT molecular complexity index is 809. The third kappa shape index (κ3) is 3.79. The molecule has 1 unspecified atom stereocenters. The minimum Gasteiger partial charge on any atom is -0.363 e. The molecule has 0 aromatic carbocycles. The lowest BCUT2D eigenvalue weighted by Gasteiger charge is -2.51. The van der Waals surface area contributed by atoms with Gasteiger partial charge in [0.1, 0.15) is 6.61 Å². The van der Waals surface area contributed by atoms with Crippen molar-refractivity contribution in [1.29, 1.82) is 0 Å². The molecule has 27 heavy (non-hydrogen) atoms. The highest BCUT2D eigenvalue weighted by Crippen LogP contribution is 2.36. The molecular weight excluding hydrogens is 362 g/mol. The molecule has 1 atom stereocenters. The maximum atomic E-state index is 12.5. The molecule has 2 aliphatic heterocycles. The predicted octanol–water partition coefficient (Wildman–Crippen LogP) is 1.97. The molecule has 146 valence electrons. The molecule has 2 aliphatic rings. The zero-order valence-electron chi connectivity index (χ0n) is 16.2. The van der Waals surface area contributed by atoms with Crippen LogP contribution in [-0.4, -0.2) is 61.8 Å². The number of hydrogen-bond donors (Lipinski definition) is 0. The van der Waals surface area contributed by atoms with Crippen LogP contribution in [0.15, 0.2) is 17.8 Å². The number of hydrogen-bond acceptors (Lipinski definition) is 6. The van der Waals surface area contributed by atoms with Gasteiger partial charge in [0.05, 0.1) is 35.1 Å². The molecule has 0 radical (unpaired) electrons. The molecule has 4 heterocycles. The second-order valence-corrected chi connectivity index (χ2v) is 8.77. The van der Waals surface area contributed by atoms with Crippen molar-refractivity contribution in [2.75, 3.05) is 19.7 Å².